The Balaban J connectivity index is 1.71. The van der Waals surface area contributed by atoms with Crippen molar-refractivity contribution in [1.82, 2.24) is 15.6 Å². The van der Waals surface area contributed by atoms with Gasteiger partial charge in [-0.1, -0.05) is 51.0 Å². The number of nitrogens with zero attached hydrogens (tertiary/aromatic N) is 1. The van der Waals surface area contributed by atoms with Gasteiger partial charge in [0.25, 0.3) is 0 Å². The molecule has 1 saturated carbocycles. The molecule has 3 N–H and O–H groups in total. The van der Waals surface area contributed by atoms with Gasteiger partial charge >= 0.3 is 5.97 Å². The molecule has 0 spiro atoms. The van der Waals surface area contributed by atoms with Crippen LogP contribution in [-0.2, 0) is 20.8 Å². The van der Waals surface area contributed by atoms with Gasteiger partial charge < -0.3 is 15.7 Å². The molecule has 176 valence electrons. The van der Waals surface area contributed by atoms with Crippen molar-refractivity contribution in [3.05, 3.63) is 54.4 Å². The number of thiol groups is 1. The zero-order valence-corrected chi connectivity index (χ0v) is 19.8. The van der Waals surface area contributed by atoms with Crippen molar-refractivity contribution in [1.29, 1.82) is 0 Å². The summed E-state index contributed by atoms with van der Waals surface area (Å²) in [6.45, 7) is 3.78. The number of hydrogen-bond acceptors (Lipinski definition) is 5. The highest BCUT2D eigenvalue weighted by Gasteiger charge is 2.44. The Kier molecular flexibility index (Phi) is 8.13. The monoisotopic (exact) mass is 469 g/mol. The summed E-state index contributed by atoms with van der Waals surface area (Å²) in [5.74, 6) is -1.85. The fourth-order valence-corrected chi connectivity index (χ4v) is 4.17. The van der Waals surface area contributed by atoms with Crippen molar-refractivity contribution >= 4 is 30.4 Å². The molecule has 7 nitrogen and oxygen atoms in total. The molecule has 1 heterocycles. The molecule has 2 atom stereocenters. The van der Waals surface area contributed by atoms with Gasteiger partial charge in [0.1, 0.15) is 11.6 Å². The van der Waals surface area contributed by atoms with Crippen molar-refractivity contribution in [3.63, 3.8) is 0 Å². The van der Waals surface area contributed by atoms with Crippen molar-refractivity contribution in [2.24, 2.45) is 5.92 Å². The van der Waals surface area contributed by atoms with Crippen LogP contribution in [0.15, 0.2) is 48.8 Å². The lowest BCUT2D eigenvalue weighted by atomic mass is 9.94. The highest BCUT2D eigenvalue weighted by atomic mass is 32.1. The van der Waals surface area contributed by atoms with E-state index >= 15 is 0 Å². The van der Waals surface area contributed by atoms with Crippen LogP contribution in [0.25, 0.3) is 11.1 Å². The summed E-state index contributed by atoms with van der Waals surface area (Å²) in [7, 11) is 0. The minimum absolute atomic E-state index is 0.0109. The quantitative estimate of drug-likeness (QED) is 0.422. The maximum atomic E-state index is 13.2. The standard InChI is InChI=1S/C25H31N3O4S/c1-16(2)21(33)22(29)28-25(11-3-4-12-25)24(32)27-20(23(30)31)15-17-5-7-18(8-6-17)19-9-13-26-14-10-19/h5-10,13-14,16,20-21,33H,3-4,11-12,15H2,1-2H3,(H,27,32)(H,28,29)(H,30,31)/t20?,21-/m0/s1. The molecule has 3 rings (SSSR count). The first kappa shape index (κ1) is 24.8. The summed E-state index contributed by atoms with van der Waals surface area (Å²) in [5, 5.41) is 14.8. The molecular formula is C25H31N3O4S. The van der Waals surface area contributed by atoms with Crippen molar-refractivity contribution in [2.45, 2.75) is 62.8 Å². The third-order valence-electron chi connectivity index (χ3n) is 6.17. The number of pyridine rings is 1. The van der Waals surface area contributed by atoms with Gasteiger partial charge in [-0.05, 0) is 47.6 Å². The highest BCUT2D eigenvalue weighted by molar-refractivity contribution is 7.81. The van der Waals surface area contributed by atoms with Crippen LogP contribution < -0.4 is 10.6 Å². The van der Waals surface area contributed by atoms with Crippen LogP contribution in [0, 0.1) is 5.92 Å². The number of carboxylic acid groups (broad SMARTS) is 1. The molecule has 0 saturated heterocycles. The molecule has 1 unspecified atom stereocenters. The van der Waals surface area contributed by atoms with E-state index in [-0.39, 0.29) is 18.2 Å². The van der Waals surface area contributed by atoms with E-state index in [0.29, 0.717) is 12.8 Å². The fourth-order valence-electron chi connectivity index (χ4n) is 4.11. The highest BCUT2D eigenvalue weighted by Crippen LogP contribution is 2.31. The van der Waals surface area contributed by atoms with Gasteiger partial charge in [0, 0.05) is 18.8 Å². The zero-order chi connectivity index (χ0) is 24.0. The van der Waals surface area contributed by atoms with E-state index in [4.69, 9.17) is 0 Å². The topological polar surface area (TPSA) is 108 Å². The number of benzene rings is 1. The first-order chi connectivity index (χ1) is 15.7. The number of carbonyl (C=O) groups is 3. The molecule has 2 amide bonds. The summed E-state index contributed by atoms with van der Waals surface area (Å²) in [6, 6.07) is 10.3. The van der Waals surface area contributed by atoms with Crippen LogP contribution in [-0.4, -0.2) is 44.7 Å². The Labute approximate surface area is 199 Å². The minimum atomic E-state index is -1.12. The first-order valence-corrected chi connectivity index (χ1v) is 11.8. The van der Waals surface area contributed by atoms with E-state index in [9.17, 15) is 19.5 Å². The van der Waals surface area contributed by atoms with Crippen LogP contribution in [0.4, 0.5) is 0 Å². The second-order valence-electron chi connectivity index (χ2n) is 8.97. The lowest BCUT2D eigenvalue weighted by Crippen LogP contribution is -2.61. The van der Waals surface area contributed by atoms with E-state index in [2.05, 4.69) is 28.2 Å². The first-order valence-electron chi connectivity index (χ1n) is 11.2. The number of hydrogen-bond donors (Lipinski definition) is 4. The van der Waals surface area contributed by atoms with Crippen molar-refractivity contribution in [2.75, 3.05) is 0 Å². The van der Waals surface area contributed by atoms with Crippen molar-refractivity contribution in [3.8, 4) is 11.1 Å². The number of nitrogens with one attached hydrogen (secondary N) is 2. The maximum Gasteiger partial charge on any atom is 0.326 e. The molecule has 0 bridgehead atoms. The van der Waals surface area contributed by atoms with Gasteiger partial charge in [0.2, 0.25) is 11.8 Å². The summed E-state index contributed by atoms with van der Waals surface area (Å²) >= 11 is 4.36. The van der Waals surface area contributed by atoms with Gasteiger partial charge in [0.15, 0.2) is 0 Å². The summed E-state index contributed by atoms with van der Waals surface area (Å²) in [5.41, 5.74) is 1.71. The Morgan fingerprint density at radius 2 is 1.61 bits per heavy atom. The molecule has 2 aromatic rings. The zero-order valence-electron chi connectivity index (χ0n) is 19.0. The van der Waals surface area contributed by atoms with E-state index in [0.717, 1.165) is 29.5 Å². The third kappa shape index (κ3) is 6.13. The van der Waals surface area contributed by atoms with Crippen LogP contribution in [0.5, 0.6) is 0 Å². The van der Waals surface area contributed by atoms with Gasteiger partial charge in [-0.25, -0.2) is 4.79 Å². The van der Waals surface area contributed by atoms with E-state index in [1.54, 1.807) is 12.4 Å². The molecule has 1 fully saturated rings. The molecule has 8 heteroatoms. The smallest absolute Gasteiger partial charge is 0.326 e. The van der Waals surface area contributed by atoms with Crippen LogP contribution in [0.2, 0.25) is 0 Å². The number of aliphatic carboxylic acids is 1. The van der Waals surface area contributed by atoms with Gasteiger partial charge in [0.05, 0.1) is 5.25 Å². The average Bonchev–Trinajstić information content (AvgIpc) is 3.28. The lowest BCUT2D eigenvalue weighted by Gasteiger charge is -2.32. The van der Waals surface area contributed by atoms with E-state index in [1.165, 1.54) is 0 Å². The average molecular weight is 470 g/mol. The van der Waals surface area contributed by atoms with E-state index < -0.39 is 28.7 Å². The predicted octanol–water partition coefficient (Wildman–Crippen LogP) is 3.24. The number of amides is 2. The third-order valence-corrected chi connectivity index (χ3v) is 7.00. The van der Waals surface area contributed by atoms with Gasteiger partial charge in [-0.3, -0.25) is 14.6 Å². The Morgan fingerprint density at radius 3 is 2.15 bits per heavy atom. The number of carbonyl (C=O) groups excluding carboxylic acids is 2. The molecule has 0 aliphatic heterocycles. The van der Waals surface area contributed by atoms with Gasteiger partial charge in [-0.15, -0.1) is 0 Å². The lowest BCUT2D eigenvalue weighted by molar-refractivity contribution is -0.143. The van der Waals surface area contributed by atoms with E-state index in [1.807, 2.05) is 50.2 Å². The summed E-state index contributed by atoms with van der Waals surface area (Å²) in [4.78, 5) is 41.8. The minimum Gasteiger partial charge on any atom is -0.480 e. The Hall–Kier alpha value is -2.87. The number of carboxylic acids is 1. The molecule has 0 radical (unpaired) electrons. The normalized spacial score (nSPS) is 16.7. The molecule has 1 aromatic heterocycles. The van der Waals surface area contributed by atoms with Crippen LogP contribution >= 0.6 is 12.6 Å². The maximum absolute atomic E-state index is 13.2. The fraction of sp³-hybridized carbons (Fsp3) is 0.440. The van der Waals surface area contributed by atoms with Crippen LogP contribution in [0.3, 0.4) is 0 Å². The molecule has 1 aliphatic rings. The Bertz CT molecular complexity index is 973. The SMILES string of the molecule is CC(C)[C@H](S)C(=O)NC1(C(=O)NC(Cc2ccc(-c3ccncc3)cc2)C(=O)O)CCCC1. The van der Waals surface area contributed by atoms with Crippen molar-refractivity contribution < 1.29 is 19.5 Å². The van der Waals surface area contributed by atoms with Gasteiger partial charge in [-0.2, -0.15) is 12.6 Å². The van der Waals surface area contributed by atoms with Crippen LogP contribution in [0.1, 0.15) is 45.1 Å². The molecular weight excluding hydrogens is 438 g/mol. The second-order valence-corrected chi connectivity index (χ2v) is 9.52. The summed E-state index contributed by atoms with van der Waals surface area (Å²) < 4.78 is 0. The number of rotatable bonds is 9. The molecule has 1 aliphatic carbocycles. The number of aromatic nitrogens is 1. The second kappa shape index (κ2) is 10.8. The predicted molar refractivity (Wildman–Crippen MR) is 130 cm³/mol. The molecule has 33 heavy (non-hydrogen) atoms. The molecule has 1 aromatic carbocycles. The Morgan fingerprint density at radius 1 is 1.03 bits per heavy atom. The summed E-state index contributed by atoms with van der Waals surface area (Å²) in [6.07, 6.45) is 6.12. The largest absolute Gasteiger partial charge is 0.480 e.